The third kappa shape index (κ3) is 2.97. The van der Waals surface area contributed by atoms with E-state index in [1.165, 1.54) is 31.2 Å². The van der Waals surface area contributed by atoms with Gasteiger partial charge in [0.25, 0.3) is 0 Å². The van der Waals surface area contributed by atoms with Gasteiger partial charge in [-0.05, 0) is 31.0 Å². The minimum atomic E-state index is 0.589. The molecule has 0 bridgehead atoms. The smallest absolute Gasteiger partial charge is 0.137 e. The summed E-state index contributed by atoms with van der Waals surface area (Å²) in [4.78, 5) is 4.27. The van der Waals surface area contributed by atoms with Crippen LogP contribution in [0.25, 0.3) is 0 Å². The fourth-order valence-corrected chi connectivity index (χ4v) is 2.79. The van der Waals surface area contributed by atoms with Gasteiger partial charge in [-0.15, -0.1) is 0 Å². The van der Waals surface area contributed by atoms with Crippen molar-refractivity contribution < 1.29 is 4.74 Å². The number of hydrogen-bond donors (Lipinski definition) is 1. The summed E-state index contributed by atoms with van der Waals surface area (Å²) in [5, 5.41) is 3.60. The molecule has 1 saturated carbocycles. The third-order valence-corrected chi connectivity index (χ3v) is 3.63. The van der Waals surface area contributed by atoms with Crippen molar-refractivity contribution in [1.82, 2.24) is 10.3 Å². The van der Waals surface area contributed by atoms with Gasteiger partial charge in [0.2, 0.25) is 0 Å². The van der Waals surface area contributed by atoms with Crippen LogP contribution in [0, 0.1) is 0 Å². The van der Waals surface area contributed by atoms with Gasteiger partial charge >= 0.3 is 0 Å². The monoisotopic (exact) mass is 234 g/mol. The number of likely N-dealkylation sites (N-methyl/N-ethyl adjacent to an activating group) is 1. The number of methoxy groups -OCH3 is 1. The van der Waals surface area contributed by atoms with Crippen molar-refractivity contribution in [3.05, 3.63) is 24.0 Å². The largest absolute Gasteiger partial charge is 0.495 e. The van der Waals surface area contributed by atoms with Crippen molar-refractivity contribution in [2.45, 2.75) is 44.6 Å². The first-order chi connectivity index (χ1) is 8.35. The SMILES string of the molecule is CCNC1CCCCC1c1cncc(OC)c1. The lowest BCUT2D eigenvalue weighted by Crippen LogP contribution is -2.37. The molecule has 1 N–H and O–H groups in total. The third-order valence-electron chi connectivity index (χ3n) is 3.63. The second-order valence-electron chi connectivity index (χ2n) is 4.71. The Balaban J connectivity index is 2.16. The van der Waals surface area contributed by atoms with Gasteiger partial charge in [0, 0.05) is 18.2 Å². The molecule has 1 aromatic heterocycles. The van der Waals surface area contributed by atoms with Crippen LogP contribution in [0.5, 0.6) is 5.75 Å². The Bertz CT molecular complexity index is 352. The predicted molar refractivity (Wildman–Crippen MR) is 69.5 cm³/mol. The quantitative estimate of drug-likeness (QED) is 0.869. The first-order valence-electron chi connectivity index (χ1n) is 6.57. The Labute approximate surface area is 104 Å². The van der Waals surface area contributed by atoms with Gasteiger partial charge in [-0.1, -0.05) is 19.8 Å². The lowest BCUT2D eigenvalue weighted by Gasteiger charge is -2.32. The molecule has 2 unspecified atom stereocenters. The molecule has 1 aliphatic rings. The molecule has 2 atom stereocenters. The molecule has 1 fully saturated rings. The second-order valence-corrected chi connectivity index (χ2v) is 4.71. The highest BCUT2D eigenvalue weighted by molar-refractivity contribution is 5.27. The van der Waals surface area contributed by atoms with E-state index in [2.05, 4.69) is 23.3 Å². The molecule has 3 heteroatoms. The molecule has 0 radical (unpaired) electrons. The molecule has 1 aromatic rings. The molecule has 0 saturated heterocycles. The predicted octanol–water partition coefficient (Wildman–Crippen LogP) is 2.73. The van der Waals surface area contributed by atoms with E-state index in [1.807, 2.05) is 6.20 Å². The highest BCUT2D eigenvalue weighted by Gasteiger charge is 2.26. The van der Waals surface area contributed by atoms with Gasteiger partial charge < -0.3 is 10.1 Å². The molecule has 0 aliphatic heterocycles. The maximum atomic E-state index is 5.26. The average Bonchev–Trinajstić information content (AvgIpc) is 2.40. The zero-order valence-corrected chi connectivity index (χ0v) is 10.8. The van der Waals surface area contributed by atoms with Crippen LogP contribution in [0.4, 0.5) is 0 Å². The minimum Gasteiger partial charge on any atom is -0.495 e. The van der Waals surface area contributed by atoms with Crippen molar-refractivity contribution in [2.75, 3.05) is 13.7 Å². The second kappa shape index (κ2) is 6.01. The normalized spacial score (nSPS) is 24.6. The first kappa shape index (κ1) is 12.4. The van der Waals surface area contributed by atoms with E-state index in [-0.39, 0.29) is 0 Å². The van der Waals surface area contributed by atoms with Crippen LogP contribution in [0.2, 0.25) is 0 Å². The summed E-state index contributed by atoms with van der Waals surface area (Å²) in [6.45, 7) is 3.22. The van der Waals surface area contributed by atoms with Crippen LogP contribution in [-0.4, -0.2) is 24.7 Å². The first-order valence-corrected chi connectivity index (χ1v) is 6.57. The van der Waals surface area contributed by atoms with E-state index in [0.717, 1.165) is 12.3 Å². The molecule has 0 amide bonds. The fraction of sp³-hybridized carbons (Fsp3) is 0.643. The molecule has 0 spiro atoms. The van der Waals surface area contributed by atoms with Crippen molar-refractivity contribution in [1.29, 1.82) is 0 Å². The van der Waals surface area contributed by atoms with Crippen molar-refractivity contribution in [3.8, 4) is 5.75 Å². The highest BCUT2D eigenvalue weighted by atomic mass is 16.5. The van der Waals surface area contributed by atoms with Crippen LogP contribution in [0.15, 0.2) is 18.5 Å². The van der Waals surface area contributed by atoms with Gasteiger partial charge in [-0.2, -0.15) is 0 Å². The van der Waals surface area contributed by atoms with Gasteiger partial charge in [-0.3, -0.25) is 4.98 Å². The molecule has 1 aliphatic carbocycles. The summed E-state index contributed by atoms with van der Waals surface area (Å²) in [7, 11) is 1.70. The van der Waals surface area contributed by atoms with Gasteiger partial charge in [0.1, 0.15) is 5.75 Å². The van der Waals surface area contributed by atoms with Crippen LogP contribution < -0.4 is 10.1 Å². The van der Waals surface area contributed by atoms with E-state index in [9.17, 15) is 0 Å². The number of aromatic nitrogens is 1. The molecule has 1 heterocycles. The van der Waals surface area contributed by atoms with Gasteiger partial charge in [0.05, 0.1) is 13.3 Å². The Morgan fingerprint density at radius 1 is 1.35 bits per heavy atom. The average molecular weight is 234 g/mol. The number of rotatable bonds is 4. The standard InChI is InChI=1S/C14H22N2O/c1-3-16-14-7-5-4-6-13(14)11-8-12(17-2)10-15-9-11/h8-10,13-14,16H,3-7H2,1-2H3. The number of hydrogen-bond acceptors (Lipinski definition) is 3. The molecule has 2 rings (SSSR count). The number of nitrogens with zero attached hydrogens (tertiary/aromatic N) is 1. The number of pyridine rings is 1. The van der Waals surface area contributed by atoms with Crippen LogP contribution in [0.1, 0.15) is 44.1 Å². The summed E-state index contributed by atoms with van der Waals surface area (Å²) in [5.74, 6) is 1.45. The van der Waals surface area contributed by atoms with E-state index in [4.69, 9.17) is 4.74 Å². The Kier molecular flexibility index (Phi) is 4.37. The maximum absolute atomic E-state index is 5.26. The lowest BCUT2D eigenvalue weighted by molar-refractivity contribution is 0.330. The summed E-state index contributed by atoms with van der Waals surface area (Å²) >= 11 is 0. The van der Waals surface area contributed by atoms with Gasteiger partial charge in [0.15, 0.2) is 0 Å². The van der Waals surface area contributed by atoms with Crippen LogP contribution >= 0.6 is 0 Å². The molecule has 17 heavy (non-hydrogen) atoms. The van der Waals surface area contributed by atoms with E-state index < -0.39 is 0 Å². The number of ether oxygens (including phenoxy) is 1. The lowest BCUT2D eigenvalue weighted by atomic mass is 9.80. The van der Waals surface area contributed by atoms with E-state index in [1.54, 1.807) is 13.3 Å². The Hall–Kier alpha value is -1.09. The Morgan fingerprint density at radius 3 is 2.94 bits per heavy atom. The number of nitrogens with one attached hydrogen (secondary N) is 1. The van der Waals surface area contributed by atoms with Crippen molar-refractivity contribution >= 4 is 0 Å². The van der Waals surface area contributed by atoms with Crippen LogP contribution in [-0.2, 0) is 0 Å². The van der Waals surface area contributed by atoms with E-state index >= 15 is 0 Å². The maximum Gasteiger partial charge on any atom is 0.137 e. The fourth-order valence-electron chi connectivity index (χ4n) is 2.79. The molecule has 94 valence electrons. The summed E-state index contributed by atoms with van der Waals surface area (Å²) in [6.07, 6.45) is 8.95. The van der Waals surface area contributed by atoms with Crippen molar-refractivity contribution in [2.24, 2.45) is 0 Å². The highest BCUT2D eigenvalue weighted by Crippen LogP contribution is 2.33. The van der Waals surface area contributed by atoms with Gasteiger partial charge in [-0.25, -0.2) is 0 Å². The van der Waals surface area contributed by atoms with Crippen molar-refractivity contribution in [3.63, 3.8) is 0 Å². The molecule has 3 nitrogen and oxygen atoms in total. The zero-order valence-electron chi connectivity index (χ0n) is 10.8. The minimum absolute atomic E-state index is 0.589. The zero-order chi connectivity index (χ0) is 12.1. The van der Waals surface area contributed by atoms with Crippen LogP contribution in [0.3, 0.4) is 0 Å². The topological polar surface area (TPSA) is 34.2 Å². The summed E-state index contributed by atoms with van der Waals surface area (Å²) in [5.41, 5.74) is 1.31. The molecule has 0 aromatic carbocycles. The Morgan fingerprint density at radius 2 is 2.18 bits per heavy atom. The summed E-state index contributed by atoms with van der Waals surface area (Å²) < 4.78 is 5.26. The molecular weight excluding hydrogens is 212 g/mol. The summed E-state index contributed by atoms with van der Waals surface area (Å²) in [6, 6.07) is 2.73. The van der Waals surface area contributed by atoms with E-state index in [0.29, 0.717) is 12.0 Å². The molecular formula is C14H22N2O.